The van der Waals surface area contributed by atoms with Crippen LogP contribution in [0.1, 0.15) is 58.8 Å². The Morgan fingerprint density at radius 1 is 1.12 bits per heavy atom. The molecule has 1 fully saturated rings. The van der Waals surface area contributed by atoms with Gasteiger partial charge in [0.05, 0.1) is 6.10 Å². The summed E-state index contributed by atoms with van der Waals surface area (Å²) in [5, 5.41) is 9.80. The number of nitrogens with zero attached hydrogens (tertiary/aromatic N) is 1. The molecule has 1 rings (SSSR count). The third-order valence-electron chi connectivity index (χ3n) is 3.88. The predicted molar refractivity (Wildman–Crippen MR) is 69.6 cm³/mol. The molecule has 0 radical (unpaired) electrons. The molecule has 0 bridgehead atoms. The lowest BCUT2D eigenvalue weighted by Gasteiger charge is -2.35. The second-order valence-electron chi connectivity index (χ2n) is 5.24. The standard InChI is InChI=1S/C14H29NO/c1-3-5-6-7-8-10-15-11-9-14(16)13(4-2)12-15/h13-14,16H,3-12H2,1-2H3. The minimum atomic E-state index is -0.0404. The average molecular weight is 227 g/mol. The van der Waals surface area contributed by atoms with Crippen molar-refractivity contribution < 1.29 is 5.11 Å². The zero-order valence-electron chi connectivity index (χ0n) is 11.1. The van der Waals surface area contributed by atoms with Gasteiger partial charge in [0.25, 0.3) is 0 Å². The SMILES string of the molecule is CCCCCCCN1CCC(O)C(CC)C1. The van der Waals surface area contributed by atoms with E-state index in [-0.39, 0.29) is 6.10 Å². The van der Waals surface area contributed by atoms with Crippen LogP contribution in [-0.2, 0) is 0 Å². The van der Waals surface area contributed by atoms with Gasteiger partial charge in [0.2, 0.25) is 0 Å². The molecule has 1 aliphatic heterocycles. The molecule has 1 heterocycles. The normalized spacial score (nSPS) is 27.2. The first kappa shape index (κ1) is 14.0. The summed E-state index contributed by atoms with van der Waals surface area (Å²) in [5.74, 6) is 0.518. The highest BCUT2D eigenvalue weighted by Crippen LogP contribution is 2.20. The van der Waals surface area contributed by atoms with Crippen molar-refractivity contribution in [1.82, 2.24) is 4.90 Å². The summed E-state index contributed by atoms with van der Waals surface area (Å²) < 4.78 is 0. The van der Waals surface area contributed by atoms with Crippen molar-refractivity contribution in [2.75, 3.05) is 19.6 Å². The third kappa shape index (κ3) is 4.84. The maximum absolute atomic E-state index is 9.80. The molecule has 2 unspecified atom stereocenters. The summed E-state index contributed by atoms with van der Waals surface area (Å²) in [5.41, 5.74) is 0. The minimum absolute atomic E-state index is 0.0404. The molecule has 16 heavy (non-hydrogen) atoms. The van der Waals surface area contributed by atoms with Crippen LogP contribution in [0.15, 0.2) is 0 Å². The quantitative estimate of drug-likeness (QED) is 0.676. The Morgan fingerprint density at radius 3 is 2.56 bits per heavy atom. The summed E-state index contributed by atoms with van der Waals surface area (Å²) in [4.78, 5) is 2.55. The van der Waals surface area contributed by atoms with E-state index in [2.05, 4.69) is 18.7 Å². The lowest BCUT2D eigenvalue weighted by Crippen LogP contribution is -2.43. The molecule has 2 atom stereocenters. The molecular formula is C14H29NO. The molecule has 0 amide bonds. The van der Waals surface area contributed by atoms with Crippen LogP contribution >= 0.6 is 0 Å². The largest absolute Gasteiger partial charge is 0.393 e. The molecule has 0 aliphatic carbocycles. The average Bonchev–Trinajstić information content (AvgIpc) is 2.31. The first-order valence-electron chi connectivity index (χ1n) is 7.18. The lowest BCUT2D eigenvalue weighted by molar-refractivity contribution is 0.0246. The van der Waals surface area contributed by atoms with Crippen LogP contribution in [0.4, 0.5) is 0 Å². The number of unbranched alkanes of at least 4 members (excludes halogenated alkanes) is 4. The maximum Gasteiger partial charge on any atom is 0.0592 e. The Hall–Kier alpha value is -0.0800. The van der Waals surface area contributed by atoms with Crippen molar-refractivity contribution in [2.24, 2.45) is 5.92 Å². The van der Waals surface area contributed by atoms with Crippen LogP contribution in [-0.4, -0.2) is 35.7 Å². The first-order chi connectivity index (χ1) is 7.77. The number of piperidine rings is 1. The number of likely N-dealkylation sites (tertiary alicyclic amines) is 1. The lowest BCUT2D eigenvalue weighted by atomic mass is 9.92. The fourth-order valence-corrected chi connectivity index (χ4v) is 2.64. The van der Waals surface area contributed by atoms with Gasteiger partial charge in [-0.3, -0.25) is 0 Å². The molecule has 0 aromatic carbocycles. The van der Waals surface area contributed by atoms with Gasteiger partial charge in [0.15, 0.2) is 0 Å². The van der Waals surface area contributed by atoms with Crippen molar-refractivity contribution in [3.63, 3.8) is 0 Å². The molecule has 1 saturated heterocycles. The summed E-state index contributed by atoms with van der Waals surface area (Å²) >= 11 is 0. The van der Waals surface area contributed by atoms with Crippen LogP contribution in [0.25, 0.3) is 0 Å². The van der Waals surface area contributed by atoms with Gasteiger partial charge in [-0.1, -0.05) is 39.5 Å². The van der Waals surface area contributed by atoms with Crippen LogP contribution in [0.3, 0.4) is 0 Å². The van der Waals surface area contributed by atoms with E-state index in [1.165, 1.54) is 38.6 Å². The van der Waals surface area contributed by atoms with E-state index in [0.29, 0.717) is 5.92 Å². The van der Waals surface area contributed by atoms with Gasteiger partial charge >= 0.3 is 0 Å². The number of hydrogen-bond donors (Lipinski definition) is 1. The summed E-state index contributed by atoms with van der Waals surface area (Å²) in [6.07, 6.45) is 8.88. The minimum Gasteiger partial charge on any atom is -0.393 e. The summed E-state index contributed by atoms with van der Waals surface area (Å²) in [7, 11) is 0. The van der Waals surface area contributed by atoms with E-state index < -0.39 is 0 Å². The molecular weight excluding hydrogens is 198 g/mol. The number of hydrogen-bond acceptors (Lipinski definition) is 2. The number of aliphatic hydroxyl groups excluding tert-OH is 1. The Balaban J connectivity index is 2.08. The van der Waals surface area contributed by atoms with Gasteiger partial charge in [-0.05, 0) is 31.7 Å². The van der Waals surface area contributed by atoms with Crippen molar-refractivity contribution in [3.05, 3.63) is 0 Å². The second-order valence-corrected chi connectivity index (χ2v) is 5.24. The number of aliphatic hydroxyl groups is 1. The van der Waals surface area contributed by atoms with Crippen molar-refractivity contribution in [3.8, 4) is 0 Å². The molecule has 1 aliphatic rings. The zero-order valence-corrected chi connectivity index (χ0v) is 11.1. The monoisotopic (exact) mass is 227 g/mol. The molecule has 2 heteroatoms. The van der Waals surface area contributed by atoms with E-state index in [9.17, 15) is 5.11 Å². The molecule has 0 aromatic rings. The smallest absolute Gasteiger partial charge is 0.0592 e. The fraction of sp³-hybridized carbons (Fsp3) is 1.00. The van der Waals surface area contributed by atoms with Crippen molar-refractivity contribution in [2.45, 2.75) is 64.9 Å². The predicted octanol–water partition coefficient (Wildman–Crippen LogP) is 3.05. The highest BCUT2D eigenvalue weighted by Gasteiger charge is 2.25. The zero-order chi connectivity index (χ0) is 11.8. The van der Waals surface area contributed by atoms with Gasteiger partial charge in [-0.25, -0.2) is 0 Å². The van der Waals surface area contributed by atoms with E-state index >= 15 is 0 Å². The van der Waals surface area contributed by atoms with Gasteiger partial charge in [0.1, 0.15) is 0 Å². The topological polar surface area (TPSA) is 23.5 Å². The number of rotatable bonds is 7. The Morgan fingerprint density at radius 2 is 1.88 bits per heavy atom. The summed E-state index contributed by atoms with van der Waals surface area (Å²) in [6, 6.07) is 0. The van der Waals surface area contributed by atoms with E-state index in [4.69, 9.17) is 0 Å². The Kier molecular flexibility index (Phi) is 7.06. The van der Waals surface area contributed by atoms with Crippen LogP contribution in [0, 0.1) is 5.92 Å². The van der Waals surface area contributed by atoms with Gasteiger partial charge in [-0.2, -0.15) is 0 Å². The molecule has 2 nitrogen and oxygen atoms in total. The van der Waals surface area contributed by atoms with E-state index in [0.717, 1.165) is 25.9 Å². The molecule has 0 aromatic heterocycles. The molecule has 1 N–H and O–H groups in total. The second kappa shape index (κ2) is 8.08. The maximum atomic E-state index is 9.80. The Bertz CT molecular complexity index is 172. The third-order valence-corrected chi connectivity index (χ3v) is 3.88. The van der Waals surface area contributed by atoms with Crippen molar-refractivity contribution >= 4 is 0 Å². The Labute approximate surface area is 101 Å². The molecule has 0 saturated carbocycles. The van der Waals surface area contributed by atoms with Gasteiger partial charge < -0.3 is 10.0 Å². The summed E-state index contributed by atoms with van der Waals surface area (Å²) in [6.45, 7) is 7.92. The highest BCUT2D eigenvalue weighted by molar-refractivity contribution is 4.78. The first-order valence-corrected chi connectivity index (χ1v) is 7.18. The van der Waals surface area contributed by atoms with E-state index in [1.807, 2.05) is 0 Å². The van der Waals surface area contributed by atoms with Gasteiger partial charge in [-0.15, -0.1) is 0 Å². The van der Waals surface area contributed by atoms with E-state index in [1.54, 1.807) is 0 Å². The molecule has 0 spiro atoms. The highest BCUT2D eigenvalue weighted by atomic mass is 16.3. The van der Waals surface area contributed by atoms with Crippen LogP contribution < -0.4 is 0 Å². The fourth-order valence-electron chi connectivity index (χ4n) is 2.64. The van der Waals surface area contributed by atoms with Crippen molar-refractivity contribution in [1.29, 1.82) is 0 Å². The van der Waals surface area contributed by atoms with Crippen LogP contribution in [0.2, 0.25) is 0 Å². The molecule has 96 valence electrons. The van der Waals surface area contributed by atoms with Crippen LogP contribution in [0.5, 0.6) is 0 Å². The van der Waals surface area contributed by atoms with Gasteiger partial charge in [0, 0.05) is 13.1 Å².